The summed E-state index contributed by atoms with van der Waals surface area (Å²) in [4.78, 5) is 22.4. The third-order valence-corrected chi connectivity index (χ3v) is 6.70. The van der Waals surface area contributed by atoms with Crippen LogP contribution in [0, 0.1) is 11.2 Å². The van der Waals surface area contributed by atoms with Crippen LogP contribution in [0.2, 0.25) is 0 Å². The average Bonchev–Trinajstić information content (AvgIpc) is 3.51. The fourth-order valence-electron chi connectivity index (χ4n) is 4.79. The van der Waals surface area contributed by atoms with Crippen molar-refractivity contribution in [3.8, 4) is 22.4 Å². The molecule has 0 bridgehead atoms. The lowest BCUT2D eigenvalue weighted by atomic mass is 10.1. The molecule has 0 amide bonds. The minimum atomic E-state index is -2.67. The molecule has 11 heteroatoms. The number of rotatable bonds is 6. The summed E-state index contributed by atoms with van der Waals surface area (Å²) in [5, 5.41) is 8.82. The molecule has 1 aliphatic rings. The lowest BCUT2D eigenvalue weighted by molar-refractivity contribution is 0.0115. The molecule has 1 aromatic carbocycles. The Balaban J connectivity index is 1.31. The normalized spacial score (nSPS) is 15.2. The summed E-state index contributed by atoms with van der Waals surface area (Å²) in [7, 11) is 0. The number of hydrogen-bond donors (Lipinski definition) is 3. The maximum Gasteiger partial charge on any atom is 0.261 e. The number of nitrogens with two attached hydrogens (primary N) is 1. The van der Waals surface area contributed by atoms with Gasteiger partial charge >= 0.3 is 0 Å². The van der Waals surface area contributed by atoms with E-state index in [1.54, 1.807) is 53.7 Å². The van der Waals surface area contributed by atoms with Gasteiger partial charge in [-0.25, -0.2) is 28.1 Å². The van der Waals surface area contributed by atoms with Crippen LogP contribution in [0.3, 0.4) is 0 Å². The molecule has 0 atom stereocenters. The Morgan fingerprint density at radius 1 is 1.08 bits per heavy atom. The van der Waals surface area contributed by atoms with Crippen molar-refractivity contribution in [2.24, 2.45) is 0 Å². The highest BCUT2D eigenvalue weighted by Gasteiger charge is 2.37. The third kappa shape index (κ3) is 4.84. The van der Waals surface area contributed by atoms with Gasteiger partial charge in [-0.1, -0.05) is 18.2 Å². The molecular weight excluding hydrogens is 505 g/mol. The van der Waals surface area contributed by atoms with Crippen LogP contribution in [-0.4, -0.2) is 54.5 Å². The van der Waals surface area contributed by atoms with E-state index in [-0.39, 0.29) is 41.7 Å². The van der Waals surface area contributed by atoms with Gasteiger partial charge in [-0.15, -0.1) is 0 Å². The van der Waals surface area contributed by atoms with Gasteiger partial charge in [0.15, 0.2) is 11.5 Å². The summed E-state index contributed by atoms with van der Waals surface area (Å²) in [5.74, 6) is -2.87. The number of alkyl halides is 2. The van der Waals surface area contributed by atoms with E-state index in [0.29, 0.717) is 46.6 Å². The van der Waals surface area contributed by atoms with E-state index in [9.17, 15) is 13.2 Å². The van der Waals surface area contributed by atoms with Gasteiger partial charge in [-0.05, 0) is 35.9 Å². The highest BCUT2D eigenvalue weighted by Crippen LogP contribution is 2.30. The Morgan fingerprint density at radius 3 is 2.72 bits per heavy atom. The molecule has 5 aromatic rings. The number of hydrogen-bond acceptors (Lipinski definition) is 7. The molecule has 6 rings (SSSR count). The first-order valence-corrected chi connectivity index (χ1v) is 12.3. The zero-order valence-electron chi connectivity index (χ0n) is 20.6. The van der Waals surface area contributed by atoms with Crippen LogP contribution in [0.5, 0.6) is 0 Å². The number of aromatic amines is 1. The summed E-state index contributed by atoms with van der Waals surface area (Å²) >= 11 is 0. The topological polar surface area (TPSA) is 120 Å². The van der Waals surface area contributed by atoms with Crippen LogP contribution < -0.4 is 5.73 Å². The number of fused-ring (bicyclic) bond motifs is 1. The number of anilines is 1. The first-order valence-electron chi connectivity index (χ1n) is 12.3. The van der Waals surface area contributed by atoms with Crippen molar-refractivity contribution in [1.29, 1.82) is 5.41 Å². The fourth-order valence-corrected chi connectivity index (χ4v) is 4.79. The summed E-state index contributed by atoms with van der Waals surface area (Å²) < 4.78 is 41.7. The van der Waals surface area contributed by atoms with Crippen molar-refractivity contribution in [3.05, 3.63) is 90.0 Å². The molecule has 196 valence electrons. The molecule has 0 radical (unpaired) electrons. The third-order valence-electron chi connectivity index (χ3n) is 6.70. The smallest absolute Gasteiger partial charge is 0.261 e. The zero-order chi connectivity index (χ0) is 27.1. The Morgan fingerprint density at radius 2 is 1.92 bits per heavy atom. The van der Waals surface area contributed by atoms with Gasteiger partial charge in [0.05, 0.1) is 23.4 Å². The second-order valence-electron chi connectivity index (χ2n) is 9.53. The van der Waals surface area contributed by atoms with E-state index in [0.717, 1.165) is 5.56 Å². The van der Waals surface area contributed by atoms with Crippen molar-refractivity contribution >= 4 is 22.6 Å². The molecule has 0 saturated carbocycles. The Labute approximate surface area is 221 Å². The van der Waals surface area contributed by atoms with E-state index >= 15 is 0 Å². The Kier molecular flexibility index (Phi) is 6.07. The molecule has 4 aromatic heterocycles. The predicted octanol–water partition coefficient (Wildman–Crippen LogP) is 5.06. The van der Waals surface area contributed by atoms with Gasteiger partial charge in [0.25, 0.3) is 5.92 Å². The SMILES string of the molecule is N=C(c1nc2nccc(-c3ccccc3F)c2[nH]1)c1nc(-c2cncc(CN3CCC(F)(F)C3)c2)ccc1N. The summed E-state index contributed by atoms with van der Waals surface area (Å²) in [6.07, 6.45) is 4.66. The molecule has 1 saturated heterocycles. The van der Waals surface area contributed by atoms with Crippen molar-refractivity contribution < 1.29 is 13.2 Å². The van der Waals surface area contributed by atoms with Crippen molar-refractivity contribution in [2.45, 2.75) is 18.9 Å². The lowest BCUT2D eigenvalue weighted by Gasteiger charge is -2.16. The largest absolute Gasteiger partial charge is 0.397 e. The number of nitrogens with zero attached hydrogens (tertiary/aromatic N) is 5. The van der Waals surface area contributed by atoms with Crippen LogP contribution >= 0.6 is 0 Å². The monoisotopic (exact) mass is 528 g/mol. The van der Waals surface area contributed by atoms with Gasteiger partial charge in [-0.3, -0.25) is 15.3 Å². The zero-order valence-corrected chi connectivity index (χ0v) is 20.6. The quantitative estimate of drug-likeness (QED) is 0.265. The number of H-pyrrole nitrogens is 1. The maximum atomic E-state index is 14.5. The molecular formula is C28H23F3N8. The Bertz CT molecular complexity index is 1710. The molecule has 1 aliphatic heterocycles. The summed E-state index contributed by atoms with van der Waals surface area (Å²) in [6, 6.07) is 13.3. The van der Waals surface area contributed by atoms with E-state index in [1.807, 2.05) is 6.07 Å². The summed E-state index contributed by atoms with van der Waals surface area (Å²) in [5.41, 5.74) is 10.4. The first-order chi connectivity index (χ1) is 18.8. The van der Waals surface area contributed by atoms with Crippen molar-refractivity contribution in [2.75, 3.05) is 18.8 Å². The molecule has 39 heavy (non-hydrogen) atoms. The molecule has 0 unspecified atom stereocenters. The van der Waals surface area contributed by atoms with Gasteiger partial charge < -0.3 is 10.7 Å². The Hall–Kier alpha value is -4.64. The minimum Gasteiger partial charge on any atom is -0.397 e. The van der Waals surface area contributed by atoms with E-state index in [1.165, 1.54) is 12.3 Å². The van der Waals surface area contributed by atoms with Crippen LogP contribution in [0.4, 0.5) is 18.9 Å². The number of imidazole rings is 1. The highest BCUT2D eigenvalue weighted by molar-refractivity contribution is 6.12. The van der Waals surface area contributed by atoms with Gasteiger partial charge in [0.1, 0.15) is 17.2 Å². The average molecular weight is 529 g/mol. The molecule has 0 spiro atoms. The van der Waals surface area contributed by atoms with E-state index < -0.39 is 5.92 Å². The van der Waals surface area contributed by atoms with E-state index in [2.05, 4.69) is 24.9 Å². The minimum absolute atomic E-state index is 0.0600. The molecule has 0 aliphatic carbocycles. The van der Waals surface area contributed by atoms with E-state index in [4.69, 9.17) is 11.1 Å². The number of pyridine rings is 3. The van der Waals surface area contributed by atoms with Gasteiger partial charge in [0.2, 0.25) is 0 Å². The molecule has 1 fully saturated rings. The van der Waals surface area contributed by atoms with Crippen LogP contribution in [0.1, 0.15) is 23.5 Å². The number of likely N-dealkylation sites (tertiary alicyclic amines) is 1. The number of aromatic nitrogens is 5. The maximum absolute atomic E-state index is 14.5. The predicted molar refractivity (Wildman–Crippen MR) is 142 cm³/mol. The van der Waals surface area contributed by atoms with Gasteiger partial charge in [0, 0.05) is 54.8 Å². The molecule has 4 N–H and O–H groups in total. The van der Waals surface area contributed by atoms with Crippen molar-refractivity contribution in [3.63, 3.8) is 0 Å². The number of nitrogens with one attached hydrogen (secondary N) is 2. The standard InChI is InChI=1S/C28H23F3N8/c29-20-4-2-1-3-18(20)19-7-9-35-27-24(19)37-26(38-27)23(33)25-21(32)5-6-22(36-25)17-11-16(12-34-13-17)14-39-10-8-28(30,31)15-39/h1-7,9,11-13,33H,8,10,14-15,32H2,(H,35,37,38). The second-order valence-corrected chi connectivity index (χ2v) is 9.53. The number of halogens is 3. The van der Waals surface area contributed by atoms with Gasteiger partial charge in [-0.2, -0.15) is 0 Å². The summed E-state index contributed by atoms with van der Waals surface area (Å²) in [6.45, 7) is 0.400. The van der Waals surface area contributed by atoms with Crippen LogP contribution in [-0.2, 0) is 6.54 Å². The highest BCUT2D eigenvalue weighted by atomic mass is 19.3. The number of benzene rings is 1. The molecule has 8 nitrogen and oxygen atoms in total. The van der Waals surface area contributed by atoms with Crippen LogP contribution in [0.15, 0.2) is 67.1 Å². The second kappa shape index (κ2) is 9.59. The fraction of sp³-hybridized carbons (Fsp3) is 0.179. The number of nitrogen functional groups attached to an aromatic ring is 1. The van der Waals surface area contributed by atoms with Crippen LogP contribution in [0.25, 0.3) is 33.5 Å². The first kappa shape index (κ1) is 24.7. The lowest BCUT2D eigenvalue weighted by Crippen LogP contribution is -2.24. The van der Waals surface area contributed by atoms with Crippen molar-refractivity contribution in [1.82, 2.24) is 29.8 Å². The molecule has 5 heterocycles.